The van der Waals surface area contributed by atoms with Gasteiger partial charge in [-0.05, 0) is 35.4 Å². The molecule has 4 aromatic rings. The standard InChI is InChI=1S/C23H22FN5O/c24-17-8-6-16(7-9-17)19(20-15-28-21-5-2-1-4-18(20)21)14-29-22(30)10-13-27-23-25-11-3-12-26-23/h1-9,11-12,15,19,28H,10,13-14H2,(H,29,30)(H,25,26,27). The van der Waals surface area contributed by atoms with E-state index in [1.807, 2.05) is 30.5 Å². The Bertz CT molecular complexity index is 1110. The Morgan fingerprint density at radius 1 is 1.03 bits per heavy atom. The maximum absolute atomic E-state index is 13.4. The molecule has 0 fully saturated rings. The number of para-hydroxylation sites is 1. The molecule has 0 spiro atoms. The number of carbonyl (C=O) groups is 1. The zero-order valence-corrected chi connectivity index (χ0v) is 16.3. The lowest BCUT2D eigenvalue weighted by Crippen LogP contribution is -2.30. The van der Waals surface area contributed by atoms with Crippen LogP contribution in [0.4, 0.5) is 10.3 Å². The van der Waals surface area contributed by atoms with Gasteiger partial charge >= 0.3 is 0 Å². The monoisotopic (exact) mass is 403 g/mol. The molecule has 1 unspecified atom stereocenters. The van der Waals surface area contributed by atoms with Crippen molar-refractivity contribution in [1.82, 2.24) is 20.3 Å². The van der Waals surface area contributed by atoms with Crippen molar-refractivity contribution in [2.24, 2.45) is 0 Å². The highest BCUT2D eigenvalue weighted by Crippen LogP contribution is 2.30. The summed E-state index contributed by atoms with van der Waals surface area (Å²) in [7, 11) is 0. The van der Waals surface area contributed by atoms with Crippen molar-refractivity contribution in [2.75, 3.05) is 18.4 Å². The molecule has 0 bridgehead atoms. The number of nitrogens with zero attached hydrogens (tertiary/aromatic N) is 2. The van der Waals surface area contributed by atoms with Gasteiger partial charge in [0.05, 0.1) is 0 Å². The molecule has 152 valence electrons. The second kappa shape index (κ2) is 9.17. The quantitative estimate of drug-likeness (QED) is 0.417. The molecule has 6 nitrogen and oxygen atoms in total. The molecule has 1 atom stereocenters. The molecular weight excluding hydrogens is 381 g/mol. The molecule has 2 aromatic carbocycles. The van der Waals surface area contributed by atoms with Crippen LogP contribution >= 0.6 is 0 Å². The number of rotatable bonds is 8. The van der Waals surface area contributed by atoms with Crippen molar-refractivity contribution in [3.8, 4) is 0 Å². The Morgan fingerprint density at radius 3 is 2.60 bits per heavy atom. The topological polar surface area (TPSA) is 82.7 Å². The normalized spacial score (nSPS) is 11.9. The van der Waals surface area contributed by atoms with Crippen molar-refractivity contribution in [3.63, 3.8) is 0 Å². The number of carbonyl (C=O) groups excluding carboxylic acids is 1. The van der Waals surface area contributed by atoms with E-state index in [1.54, 1.807) is 30.6 Å². The van der Waals surface area contributed by atoms with Crippen LogP contribution in [0.1, 0.15) is 23.5 Å². The van der Waals surface area contributed by atoms with Crippen molar-refractivity contribution < 1.29 is 9.18 Å². The second-order valence-corrected chi connectivity index (χ2v) is 6.95. The Morgan fingerprint density at radius 2 is 1.80 bits per heavy atom. The van der Waals surface area contributed by atoms with Gasteiger partial charge in [-0.2, -0.15) is 0 Å². The van der Waals surface area contributed by atoms with E-state index in [0.29, 0.717) is 25.5 Å². The number of halogens is 1. The summed E-state index contributed by atoms with van der Waals surface area (Å²) in [6.07, 6.45) is 5.54. The number of aromatic amines is 1. The number of aromatic nitrogens is 3. The van der Waals surface area contributed by atoms with Crippen LogP contribution in [0.5, 0.6) is 0 Å². The molecular formula is C23H22FN5O. The summed E-state index contributed by atoms with van der Waals surface area (Å²) >= 11 is 0. The predicted molar refractivity (Wildman–Crippen MR) is 115 cm³/mol. The van der Waals surface area contributed by atoms with Crippen LogP contribution in [-0.4, -0.2) is 33.9 Å². The molecule has 7 heteroatoms. The first-order valence-corrected chi connectivity index (χ1v) is 9.80. The number of hydrogen-bond donors (Lipinski definition) is 3. The number of amides is 1. The predicted octanol–water partition coefficient (Wildman–Crippen LogP) is 3.85. The number of anilines is 1. The maximum atomic E-state index is 13.4. The number of fused-ring (bicyclic) bond motifs is 1. The molecule has 1 amide bonds. The van der Waals surface area contributed by atoms with Gasteiger partial charge in [-0.25, -0.2) is 14.4 Å². The maximum Gasteiger partial charge on any atom is 0.222 e. The summed E-state index contributed by atoms with van der Waals surface area (Å²) in [6, 6.07) is 16.2. The van der Waals surface area contributed by atoms with Gasteiger partial charge in [-0.3, -0.25) is 4.79 Å². The zero-order chi connectivity index (χ0) is 20.8. The SMILES string of the molecule is O=C(CCNc1ncccn1)NCC(c1ccc(F)cc1)c1c[nH]c2ccccc12. The van der Waals surface area contributed by atoms with Crippen molar-refractivity contribution in [2.45, 2.75) is 12.3 Å². The summed E-state index contributed by atoms with van der Waals surface area (Å²) in [4.78, 5) is 23.8. The minimum atomic E-state index is -0.283. The first-order chi connectivity index (χ1) is 14.7. The lowest BCUT2D eigenvalue weighted by Gasteiger charge is -2.18. The van der Waals surface area contributed by atoms with Crippen molar-refractivity contribution in [1.29, 1.82) is 0 Å². The first-order valence-electron chi connectivity index (χ1n) is 9.80. The van der Waals surface area contributed by atoms with Crippen LogP contribution in [0, 0.1) is 5.82 Å². The molecule has 0 saturated carbocycles. The summed E-state index contributed by atoms with van der Waals surface area (Å²) < 4.78 is 13.4. The van der Waals surface area contributed by atoms with Crippen LogP contribution in [0.2, 0.25) is 0 Å². The van der Waals surface area contributed by atoms with Crippen LogP contribution in [-0.2, 0) is 4.79 Å². The van der Waals surface area contributed by atoms with E-state index in [0.717, 1.165) is 22.0 Å². The van der Waals surface area contributed by atoms with Crippen LogP contribution in [0.3, 0.4) is 0 Å². The third-order valence-electron chi connectivity index (χ3n) is 4.97. The van der Waals surface area contributed by atoms with Crippen molar-refractivity contribution in [3.05, 3.63) is 90.1 Å². The molecule has 4 rings (SSSR count). The average Bonchev–Trinajstić information content (AvgIpc) is 3.20. The molecule has 3 N–H and O–H groups in total. The van der Waals surface area contributed by atoms with E-state index in [2.05, 4.69) is 25.6 Å². The fraction of sp³-hybridized carbons (Fsp3) is 0.174. The van der Waals surface area contributed by atoms with Gasteiger partial charge < -0.3 is 15.6 Å². The van der Waals surface area contributed by atoms with Gasteiger partial charge in [0.2, 0.25) is 11.9 Å². The van der Waals surface area contributed by atoms with E-state index in [4.69, 9.17) is 0 Å². The van der Waals surface area contributed by atoms with Gasteiger partial charge in [0.1, 0.15) is 5.82 Å². The molecule has 0 aliphatic heterocycles. The largest absolute Gasteiger partial charge is 0.361 e. The Labute approximate surface area is 173 Å². The highest BCUT2D eigenvalue weighted by molar-refractivity contribution is 5.84. The van der Waals surface area contributed by atoms with E-state index < -0.39 is 0 Å². The highest BCUT2D eigenvalue weighted by Gasteiger charge is 2.19. The highest BCUT2D eigenvalue weighted by atomic mass is 19.1. The smallest absolute Gasteiger partial charge is 0.222 e. The molecule has 0 saturated heterocycles. The summed E-state index contributed by atoms with van der Waals surface area (Å²) in [5.74, 6) is 0.0319. The van der Waals surface area contributed by atoms with E-state index in [9.17, 15) is 9.18 Å². The van der Waals surface area contributed by atoms with E-state index >= 15 is 0 Å². The third kappa shape index (κ3) is 4.63. The summed E-state index contributed by atoms with van der Waals surface area (Å²) in [5, 5.41) is 7.12. The molecule has 0 aliphatic rings. The summed E-state index contributed by atoms with van der Waals surface area (Å²) in [6.45, 7) is 0.846. The molecule has 2 heterocycles. The van der Waals surface area contributed by atoms with Gasteiger partial charge in [-0.15, -0.1) is 0 Å². The number of hydrogen-bond acceptors (Lipinski definition) is 4. The van der Waals surface area contributed by atoms with Crippen molar-refractivity contribution >= 4 is 22.8 Å². The lowest BCUT2D eigenvalue weighted by atomic mass is 9.91. The van der Waals surface area contributed by atoms with E-state index in [-0.39, 0.29) is 17.6 Å². The number of benzene rings is 2. The average molecular weight is 403 g/mol. The lowest BCUT2D eigenvalue weighted by molar-refractivity contribution is -0.120. The Balaban J connectivity index is 1.45. The van der Waals surface area contributed by atoms with Gasteiger partial charge in [0.25, 0.3) is 0 Å². The van der Waals surface area contributed by atoms with Crippen LogP contribution < -0.4 is 10.6 Å². The van der Waals surface area contributed by atoms with Gasteiger partial charge in [0, 0.05) is 54.9 Å². The number of nitrogens with one attached hydrogen (secondary N) is 3. The fourth-order valence-electron chi connectivity index (χ4n) is 3.47. The van der Waals surface area contributed by atoms with E-state index in [1.165, 1.54) is 12.1 Å². The molecule has 2 aromatic heterocycles. The summed E-state index contributed by atoms with van der Waals surface area (Å²) in [5.41, 5.74) is 3.03. The minimum Gasteiger partial charge on any atom is -0.361 e. The second-order valence-electron chi connectivity index (χ2n) is 6.95. The fourth-order valence-corrected chi connectivity index (χ4v) is 3.47. The minimum absolute atomic E-state index is 0.0783. The number of H-pyrrole nitrogens is 1. The zero-order valence-electron chi connectivity index (χ0n) is 16.3. The first kappa shape index (κ1) is 19.6. The molecule has 30 heavy (non-hydrogen) atoms. The molecule has 0 radical (unpaired) electrons. The van der Waals surface area contributed by atoms with Crippen LogP contribution in [0.25, 0.3) is 10.9 Å². The molecule has 0 aliphatic carbocycles. The van der Waals surface area contributed by atoms with Gasteiger partial charge in [-0.1, -0.05) is 30.3 Å². The van der Waals surface area contributed by atoms with Gasteiger partial charge in [0.15, 0.2) is 0 Å². The third-order valence-corrected chi connectivity index (χ3v) is 4.97. The Kier molecular flexibility index (Phi) is 5.98. The van der Waals surface area contributed by atoms with Crippen LogP contribution in [0.15, 0.2) is 73.2 Å². The Hall–Kier alpha value is -3.74.